The smallest absolute Gasteiger partial charge is 0.126 e. The van der Waals surface area contributed by atoms with Gasteiger partial charge in [0.25, 0.3) is 0 Å². The van der Waals surface area contributed by atoms with Gasteiger partial charge in [-0.1, -0.05) is 11.6 Å². The van der Waals surface area contributed by atoms with Crippen LogP contribution in [0.2, 0.25) is 5.02 Å². The van der Waals surface area contributed by atoms with Crippen LogP contribution in [0.5, 0.6) is 0 Å². The number of nitrogens with one attached hydrogen (secondary N) is 1. The highest BCUT2D eigenvalue weighted by Gasteiger charge is 2.32. The van der Waals surface area contributed by atoms with E-state index >= 15 is 0 Å². The standard InChI is InChI=1S/C11H14ClFN2S/c12-8-3-9(13)5-10(4-8)15-11(6-14)1-2-16-7-11/h3-5,15H,1-2,6-7,14H2. The summed E-state index contributed by atoms with van der Waals surface area (Å²) in [4.78, 5) is 0. The molecule has 88 valence electrons. The molecule has 1 saturated heterocycles. The zero-order valence-corrected chi connectivity index (χ0v) is 10.4. The molecule has 16 heavy (non-hydrogen) atoms. The first-order chi connectivity index (χ1) is 7.63. The average Bonchev–Trinajstić information content (AvgIpc) is 2.65. The van der Waals surface area contributed by atoms with E-state index in [-0.39, 0.29) is 11.4 Å². The van der Waals surface area contributed by atoms with E-state index < -0.39 is 0 Å². The van der Waals surface area contributed by atoms with Crippen LogP contribution in [0.4, 0.5) is 10.1 Å². The first kappa shape index (κ1) is 12.0. The van der Waals surface area contributed by atoms with Gasteiger partial charge in [0.2, 0.25) is 0 Å². The highest BCUT2D eigenvalue weighted by molar-refractivity contribution is 7.99. The second-order valence-corrected chi connectivity index (χ2v) is 5.61. The van der Waals surface area contributed by atoms with E-state index in [1.807, 2.05) is 11.8 Å². The van der Waals surface area contributed by atoms with Gasteiger partial charge in [0.1, 0.15) is 5.82 Å². The Morgan fingerprint density at radius 1 is 1.50 bits per heavy atom. The van der Waals surface area contributed by atoms with Crippen LogP contribution in [0.15, 0.2) is 18.2 Å². The van der Waals surface area contributed by atoms with Gasteiger partial charge in [0.05, 0.1) is 5.54 Å². The minimum absolute atomic E-state index is 0.109. The molecule has 0 spiro atoms. The summed E-state index contributed by atoms with van der Waals surface area (Å²) in [5.41, 5.74) is 6.39. The first-order valence-electron chi connectivity index (χ1n) is 5.16. The lowest BCUT2D eigenvalue weighted by Gasteiger charge is -2.29. The highest BCUT2D eigenvalue weighted by atomic mass is 35.5. The Labute approximate surface area is 104 Å². The molecule has 1 fully saturated rings. The molecular weight excluding hydrogens is 247 g/mol. The zero-order chi connectivity index (χ0) is 11.6. The summed E-state index contributed by atoms with van der Waals surface area (Å²) < 4.78 is 13.2. The van der Waals surface area contributed by atoms with Gasteiger partial charge in [-0.3, -0.25) is 0 Å². The molecule has 1 aliphatic rings. The average molecular weight is 261 g/mol. The summed E-state index contributed by atoms with van der Waals surface area (Å²) in [6, 6.07) is 4.47. The number of hydrogen-bond donors (Lipinski definition) is 2. The minimum Gasteiger partial charge on any atom is -0.377 e. The van der Waals surface area contributed by atoms with E-state index in [4.69, 9.17) is 17.3 Å². The Kier molecular flexibility index (Phi) is 3.62. The van der Waals surface area contributed by atoms with E-state index in [9.17, 15) is 4.39 Å². The van der Waals surface area contributed by atoms with E-state index in [0.717, 1.165) is 17.9 Å². The molecule has 0 bridgehead atoms. The summed E-state index contributed by atoms with van der Waals surface area (Å²) in [5.74, 6) is 1.72. The summed E-state index contributed by atoms with van der Waals surface area (Å²) in [6.07, 6.45) is 1.00. The lowest BCUT2D eigenvalue weighted by Crippen LogP contribution is -2.45. The topological polar surface area (TPSA) is 38.0 Å². The fraction of sp³-hybridized carbons (Fsp3) is 0.455. The summed E-state index contributed by atoms with van der Waals surface area (Å²) >= 11 is 7.67. The van der Waals surface area contributed by atoms with E-state index in [0.29, 0.717) is 17.3 Å². The Morgan fingerprint density at radius 3 is 2.88 bits per heavy atom. The lowest BCUT2D eigenvalue weighted by atomic mass is 9.99. The fourth-order valence-electron chi connectivity index (χ4n) is 1.85. The summed E-state index contributed by atoms with van der Waals surface area (Å²) in [5, 5.41) is 3.72. The summed E-state index contributed by atoms with van der Waals surface area (Å²) in [6.45, 7) is 0.550. The SMILES string of the molecule is NCC1(Nc2cc(F)cc(Cl)c2)CCSC1. The van der Waals surface area contributed by atoms with Crippen molar-refractivity contribution in [2.24, 2.45) is 5.73 Å². The van der Waals surface area contributed by atoms with Gasteiger partial charge < -0.3 is 11.1 Å². The Morgan fingerprint density at radius 2 is 2.31 bits per heavy atom. The minimum atomic E-state index is -0.326. The van der Waals surface area contributed by atoms with Gasteiger partial charge in [-0.2, -0.15) is 11.8 Å². The molecule has 3 N–H and O–H groups in total. The molecular formula is C11H14ClFN2S. The maximum atomic E-state index is 13.2. The van der Waals surface area contributed by atoms with Crippen LogP contribution in [0.3, 0.4) is 0 Å². The first-order valence-corrected chi connectivity index (χ1v) is 6.69. The Bertz CT molecular complexity index is 360. The molecule has 0 aliphatic carbocycles. The maximum absolute atomic E-state index is 13.2. The van der Waals surface area contributed by atoms with Gasteiger partial charge in [-0.05, 0) is 30.4 Å². The third-order valence-corrected chi connectivity index (χ3v) is 4.23. The highest BCUT2D eigenvalue weighted by Crippen LogP contribution is 2.31. The van der Waals surface area contributed by atoms with Crippen LogP contribution in [0, 0.1) is 5.82 Å². The molecule has 0 saturated carbocycles. The van der Waals surface area contributed by atoms with Crippen molar-refractivity contribution in [1.82, 2.24) is 0 Å². The van der Waals surface area contributed by atoms with Gasteiger partial charge in [0.15, 0.2) is 0 Å². The fourth-order valence-corrected chi connectivity index (χ4v) is 3.48. The van der Waals surface area contributed by atoms with E-state index in [2.05, 4.69) is 5.32 Å². The molecule has 1 heterocycles. The molecule has 1 unspecified atom stereocenters. The molecule has 2 rings (SSSR count). The van der Waals surface area contributed by atoms with Crippen molar-refractivity contribution in [1.29, 1.82) is 0 Å². The molecule has 1 aliphatic heterocycles. The lowest BCUT2D eigenvalue weighted by molar-refractivity contribution is 0.536. The van der Waals surface area contributed by atoms with Crippen LogP contribution in [-0.4, -0.2) is 23.6 Å². The van der Waals surface area contributed by atoms with Crippen molar-refractivity contribution in [2.75, 3.05) is 23.4 Å². The van der Waals surface area contributed by atoms with Gasteiger partial charge >= 0.3 is 0 Å². The monoisotopic (exact) mass is 260 g/mol. The van der Waals surface area contributed by atoms with Gasteiger partial charge in [0, 0.05) is 23.0 Å². The molecule has 1 atom stereocenters. The number of benzene rings is 1. The number of thioether (sulfide) groups is 1. The maximum Gasteiger partial charge on any atom is 0.126 e. The molecule has 2 nitrogen and oxygen atoms in total. The third kappa shape index (κ3) is 2.62. The second kappa shape index (κ2) is 4.82. The molecule has 5 heteroatoms. The van der Waals surface area contributed by atoms with Crippen LogP contribution < -0.4 is 11.1 Å². The van der Waals surface area contributed by atoms with Crippen molar-refractivity contribution in [3.63, 3.8) is 0 Å². The van der Waals surface area contributed by atoms with Crippen molar-refractivity contribution in [3.05, 3.63) is 29.0 Å². The quantitative estimate of drug-likeness (QED) is 0.878. The van der Waals surface area contributed by atoms with Crippen LogP contribution in [-0.2, 0) is 0 Å². The second-order valence-electron chi connectivity index (χ2n) is 4.07. The van der Waals surface area contributed by atoms with Crippen molar-refractivity contribution >= 4 is 29.1 Å². The number of rotatable bonds is 3. The number of hydrogen-bond acceptors (Lipinski definition) is 3. The van der Waals surface area contributed by atoms with Crippen molar-refractivity contribution in [3.8, 4) is 0 Å². The molecule has 1 aromatic carbocycles. The third-order valence-electron chi connectivity index (χ3n) is 2.77. The van der Waals surface area contributed by atoms with Crippen molar-refractivity contribution in [2.45, 2.75) is 12.0 Å². The van der Waals surface area contributed by atoms with Gasteiger partial charge in [-0.25, -0.2) is 4.39 Å². The largest absolute Gasteiger partial charge is 0.377 e. The predicted molar refractivity (Wildman–Crippen MR) is 68.8 cm³/mol. The molecule has 0 amide bonds. The molecule has 0 radical (unpaired) electrons. The van der Waals surface area contributed by atoms with Crippen LogP contribution in [0.25, 0.3) is 0 Å². The van der Waals surface area contributed by atoms with E-state index in [1.165, 1.54) is 12.1 Å². The Hall–Kier alpha value is -0.450. The molecule has 0 aromatic heterocycles. The van der Waals surface area contributed by atoms with Crippen LogP contribution in [0.1, 0.15) is 6.42 Å². The number of anilines is 1. The normalized spacial score (nSPS) is 24.7. The van der Waals surface area contributed by atoms with Gasteiger partial charge in [-0.15, -0.1) is 0 Å². The zero-order valence-electron chi connectivity index (χ0n) is 8.80. The Balaban J connectivity index is 2.18. The van der Waals surface area contributed by atoms with Crippen LogP contribution >= 0.6 is 23.4 Å². The van der Waals surface area contributed by atoms with Crippen molar-refractivity contribution < 1.29 is 4.39 Å². The number of halogens is 2. The predicted octanol–water partition coefficient (Wildman–Crippen LogP) is 2.73. The van der Waals surface area contributed by atoms with E-state index in [1.54, 1.807) is 6.07 Å². The summed E-state index contributed by atoms with van der Waals surface area (Å²) in [7, 11) is 0. The number of nitrogens with two attached hydrogens (primary N) is 1. The molecule has 1 aromatic rings.